The van der Waals surface area contributed by atoms with Gasteiger partial charge in [0.15, 0.2) is 5.13 Å². The van der Waals surface area contributed by atoms with Crippen molar-refractivity contribution in [3.8, 4) is 0 Å². The van der Waals surface area contributed by atoms with Crippen LogP contribution in [0.3, 0.4) is 0 Å². The molecule has 0 amide bonds. The van der Waals surface area contributed by atoms with E-state index in [9.17, 15) is 4.79 Å². The number of ether oxygens (including phenoxy) is 1. The van der Waals surface area contributed by atoms with E-state index in [1.165, 1.54) is 30.6 Å². The lowest BCUT2D eigenvalue weighted by atomic mass is 9.71. The van der Waals surface area contributed by atoms with E-state index in [0.29, 0.717) is 35.9 Å². The lowest BCUT2D eigenvalue weighted by Gasteiger charge is -2.47. The molecule has 0 spiro atoms. The Kier molecular flexibility index (Phi) is 8.44. The molecular formula is C30H29ClF2N4O2S. The molecular weight excluding hydrogens is 554 g/mol. The van der Waals surface area contributed by atoms with Crippen LogP contribution >= 0.6 is 22.9 Å². The fraction of sp³-hybridized carbons (Fsp3) is 0.300. The molecule has 2 aromatic carbocycles. The van der Waals surface area contributed by atoms with Crippen molar-refractivity contribution in [1.82, 2.24) is 14.9 Å². The van der Waals surface area contributed by atoms with Crippen molar-refractivity contribution in [2.75, 3.05) is 19.0 Å². The molecule has 3 heterocycles. The molecule has 3 atom stereocenters. The first kappa shape index (κ1) is 28.1. The fourth-order valence-corrected chi connectivity index (χ4v) is 6.39. The lowest BCUT2D eigenvalue weighted by Crippen LogP contribution is -2.51. The van der Waals surface area contributed by atoms with Crippen LogP contribution in [0.2, 0.25) is 5.02 Å². The zero-order valence-electron chi connectivity index (χ0n) is 22.1. The van der Waals surface area contributed by atoms with Crippen molar-refractivity contribution in [3.63, 3.8) is 0 Å². The van der Waals surface area contributed by atoms with Gasteiger partial charge in [-0.15, -0.1) is 11.3 Å². The minimum Gasteiger partial charge on any atom is -0.469 e. The second-order valence-corrected chi connectivity index (χ2v) is 11.3. The summed E-state index contributed by atoms with van der Waals surface area (Å²) in [6.45, 7) is 2.44. The predicted octanol–water partition coefficient (Wildman–Crippen LogP) is 7.19. The number of anilines is 2. The molecule has 1 N–H and O–H groups in total. The maximum absolute atomic E-state index is 15.4. The van der Waals surface area contributed by atoms with Gasteiger partial charge in [0, 0.05) is 36.1 Å². The molecule has 1 fully saturated rings. The van der Waals surface area contributed by atoms with Crippen molar-refractivity contribution in [1.29, 1.82) is 0 Å². The maximum atomic E-state index is 15.4. The number of methoxy groups -OCH3 is 1. The quantitative estimate of drug-likeness (QED) is 0.222. The number of nitrogens with zero attached hydrogens (tertiary/aromatic N) is 3. The molecule has 1 saturated heterocycles. The molecule has 4 aromatic rings. The first-order chi connectivity index (χ1) is 19.3. The van der Waals surface area contributed by atoms with E-state index in [0.717, 1.165) is 5.56 Å². The highest BCUT2D eigenvalue weighted by molar-refractivity contribution is 7.13. The second-order valence-electron chi connectivity index (χ2n) is 10.0. The average Bonchev–Trinajstić information content (AvgIpc) is 3.47. The van der Waals surface area contributed by atoms with Crippen LogP contribution in [0.25, 0.3) is 0 Å². The van der Waals surface area contributed by atoms with Crippen molar-refractivity contribution in [3.05, 3.63) is 106 Å². The number of piperidine rings is 1. The van der Waals surface area contributed by atoms with Gasteiger partial charge in [-0.1, -0.05) is 54.1 Å². The Bertz CT molecular complexity index is 1470. The number of esters is 1. The number of carbonyl (C=O) groups is 1. The summed E-state index contributed by atoms with van der Waals surface area (Å²) < 4.78 is 35.7. The monoisotopic (exact) mass is 582 g/mol. The topological polar surface area (TPSA) is 67.3 Å². The first-order valence-corrected chi connectivity index (χ1v) is 14.2. The number of aromatic nitrogens is 2. The number of halogens is 3. The SMILES string of the molecule is COC(=O)C1(Cc2nc(Nc3nccs3)ccc2F)CCN(C(c2ccccc2)c2cccc(Cl)c2F)C(C)C1. The van der Waals surface area contributed by atoms with Gasteiger partial charge in [0.2, 0.25) is 0 Å². The normalized spacial score (nSPS) is 20.2. The molecule has 3 unspecified atom stereocenters. The summed E-state index contributed by atoms with van der Waals surface area (Å²) >= 11 is 7.59. The van der Waals surface area contributed by atoms with Crippen LogP contribution < -0.4 is 5.32 Å². The number of carbonyl (C=O) groups excluding carboxylic acids is 1. The molecule has 0 aliphatic carbocycles. The summed E-state index contributed by atoms with van der Waals surface area (Å²) in [5, 5.41) is 5.60. The first-order valence-electron chi connectivity index (χ1n) is 13.0. The van der Waals surface area contributed by atoms with Crippen molar-refractivity contribution in [2.24, 2.45) is 5.41 Å². The number of likely N-dealkylation sites (tertiary alicyclic amines) is 1. The molecule has 2 aromatic heterocycles. The molecule has 0 radical (unpaired) electrons. The van der Waals surface area contributed by atoms with Crippen molar-refractivity contribution < 1.29 is 18.3 Å². The van der Waals surface area contributed by atoms with Gasteiger partial charge in [-0.05, 0) is 43.5 Å². The van der Waals surface area contributed by atoms with Gasteiger partial charge >= 0.3 is 5.97 Å². The Labute approximate surface area is 241 Å². The molecule has 5 rings (SSSR count). The number of hydrogen-bond donors (Lipinski definition) is 1. The van der Waals surface area contributed by atoms with Crippen LogP contribution in [0.5, 0.6) is 0 Å². The van der Waals surface area contributed by atoms with Crippen molar-refractivity contribution >= 4 is 39.9 Å². The third-order valence-corrected chi connectivity index (χ3v) is 8.51. The summed E-state index contributed by atoms with van der Waals surface area (Å²) in [6.07, 6.45) is 2.48. The minimum atomic E-state index is -1.01. The zero-order valence-corrected chi connectivity index (χ0v) is 23.7. The highest BCUT2D eigenvalue weighted by Crippen LogP contribution is 2.44. The molecule has 40 heavy (non-hydrogen) atoms. The van der Waals surface area contributed by atoms with E-state index in [-0.39, 0.29) is 23.2 Å². The summed E-state index contributed by atoms with van der Waals surface area (Å²) in [7, 11) is 1.35. The molecule has 1 aliphatic rings. The van der Waals surface area contributed by atoms with Crippen LogP contribution in [-0.4, -0.2) is 40.5 Å². The Morgan fingerprint density at radius 3 is 2.70 bits per heavy atom. The standard InChI is InChI=1S/C30H29ClF2N4O2S/c1-19-17-30(28(38)39-2,18-24-23(32)11-12-25(35-24)36-29-34-14-16-40-29)13-15-37(19)27(20-7-4-3-5-8-20)21-9-6-10-22(31)26(21)33/h3-12,14,16,19,27H,13,15,17-18H2,1-2H3,(H,34,35,36). The van der Waals surface area contributed by atoms with E-state index in [2.05, 4.69) is 20.2 Å². The number of rotatable bonds is 8. The Morgan fingerprint density at radius 1 is 1.20 bits per heavy atom. The molecule has 0 saturated carbocycles. The summed E-state index contributed by atoms with van der Waals surface area (Å²) in [5.74, 6) is -0.932. The van der Waals surface area contributed by atoms with E-state index >= 15 is 8.78 Å². The van der Waals surface area contributed by atoms with E-state index in [1.807, 2.05) is 42.6 Å². The smallest absolute Gasteiger partial charge is 0.312 e. The van der Waals surface area contributed by atoms with E-state index in [4.69, 9.17) is 16.3 Å². The Morgan fingerprint density at radius 2 is 2.00 bits per heavy atom. The van der Waals surface area contributed by atoms with Crippen LogP contribution in [-0.2, 0) is 16.0 Å². The average molecular weight is 583 g/mol. The van der Waals surface area contributed by atoms with Gasteiger partial charge in [0.25, 0.3) is 0 Å². The molecule has 6 nitrogen and oxygen atoms in total. The van der Waals surface area contributed by atoms with Gasteiger partial charge in [-0.2, -0.15) is 0 Å². The van der Waals surface area contributed by atoms with Crippen molar-refractivity contribution in [2.45, 2.75) is 38.3 Å². The molecule has 1 aliphatic heterocycles. The number of thiazole rings is 1. The third-order valence-electron chi connectivity index (χ3n) is 7.53. The van der Waals surface area contributed by atoms with E-state index < -0.39 is 29.1 Å². The van der Waals surface area contributed by atoms with E-state index in [1.54, 1.807) is 24.4 Å². The largest absolute Gasteiger partial charge is 0.469 e. The van der Waals surface area contributed by atoms with Gasteiger partial charge in [-0.25, -0.2) is 18.7 Å². The molecule has 208 valence electrons. The predicted molar refractivity (Wildman–Crippen MR) is 153 cm³/mol. The fourth-order valence-electron chi connectivity index (χ4n) is 5.68. The number of pyridine rings is 1. The summed E-state index contributed by atoms with van der Waals surface area (Å²) in [6, 6.07) is 17.0. The maximum Gasteiger partial charge on any atom is 0.312 e. The highest BCUT2D eigenvalue weighted by Gasteiger charge is 2.47. The lowest BCUT2D eigenvalue weighted by molar-refractivity contribution is -0.157. The minimum absolute atomic E-state index is 0.0554. The van der Waals surface area contributed by atoms with Gasteiger partial charge in [-0.3, -0.25) is 9.69 Å². The number of hydrogen-bond acceptors (Lipinski definition) is 7. The number of nitrogens with one attached hydrogen (secondary N) is 1. The zero-order chi connectivity index (χ0) is 28.3. The third kappa shape index (κ3) is 5.73. The number of benzene rings is 2. The summed E-state index contributed by atoms with van der Waals surface area (Å²) in [4.78, 5) is 24.2. The van der Waals surface area contributed by atoms with Crippen LogP contribution in [0, 0.1) is 17.0 Å². The molecule has 10 heteroatoms. The Balaban J connectivity index is 1.46. The summed E-state index contributed by atoms with van der Waals surface area (Å²) in [5.41, 5.74) is 0.541. The highest BCUT2D eigenvalue weighted by atomic mass is 35.5. The molecule has 0 bridgehead atoms. The van der Waals surface area contributed by atoms with Gasteiger partial charge in [0.05, 0.1) is 29.3 Å². The van der Waals surface area contributed by atoms with Gasteiger partial charge < -0.3 is 10.1 Å². The van der Waals surface area contributed by atoms with Crippen LogP contribution in [0.4, 0.5) is 19.7 Å². The Hall–Kier alpha value is -3.40. The van der Waals surface area contributed by atoms with Crippen LogP contribution in [0.1, 0.15) is 42.6 Å². The van der Waals surface area contributed by atoms with Gasteiger partial charge in [0.1, 0.15) is 17.5 Å². The van der Waals surface area contributed by atoms with Crippen LogP contribution in [0.15, 0.2) is 72.2 Å². The second kappa shape index (κ2) is 12.0.